The fourth-order valence-electron chi connectivity index (χ4n) is 1.85. The van der Waals surface area contributed by atoms with E-state index in [9.17, 15) is 4.79 Å². The third kappa shape index (κ3) is 3.03. The van der Waals surface area contributed by atoms with Gasteiger partial charge in [-0.3, -0.25) is 4.79 Å². The van der Waals surface area contributed by atoms with E-state index in [-0.39, 0.29) is 5.91 Å². The second-order valence-corrected chi connectivity index (χ2v) is 4.80. The molecule has 3 N–H and O–H groups in total. The molecule has 20 heavy (non-hydrogen) atoms. The van der Waals surface area contributed by atoms with Crippen LogP contribution in [0.25, 0.3) is 0 Å². The maximum Gasteiger partial charge on any atom is 0.255 e. The lowest BCUT2D eigenvalue weighted by molar-refractivity contribution is 0.102. The molecule has 0 atom stereocenters. The van der Waals surface area contributed by atoms with Gasteiger partial charge in [0.25, 0.3) is 5.91 Å². The summed E-state index contributed by atoms with van der Waals surface area (Å²) in [6, 6.07) is 10.2. The molecule has 0 saturated heterocycles. The van der Waals surface area contributed by atoms with Crippen molar-refractivity contribution in [2.45, 2.75) is 6.92 Å². The van der Waals surface area contributed by atoms with Gasteiger partial charge in [0.1, 0.15) is 5.75 Å². The molecular formula is C15H15ClN2O2. The Bertz CT molecular complexity index is 656. The Balaban J connectivity index is 2.23. The van der Waals surface area contributed by atoms with E-state index in [0.29, 0.717) is 27.7 Å². The van der Waals surface area contributed by atoms with Crippen LogP contribution in [-0.2, 0) is 0 Å². The minimum atomic E-state index is -0.226. The summed E-state index contributed by atoms with van der Waals surface area (Å²) < 4.78 is 5.06. The van der Waals surface area contributed by atoms with Crippen LogP contribution in [0.2, 0.25) is 5.02 Å². The first-order valence-electron chi connectivity index (χ1n) is 6.02. The standard InChI is InChI=1S/C15H15ClN2O2/c1-9-7-10(16)3-5-12(9)15(19)18-14-6-4-11(20-2)8-13(14)17/h3-8H,17H2,1-2H3,(H,18,19). The number of aryl methyl sites for hydroxylation is 1. The Hall–Kier alpha value is -2.20. The number of hydrogen-bond donors (Lipinski definition) is 2. The van der Waals surface area contributed by atoms with E-state index in [1.165, 1.54) is 0 Å². The third-order valence-corrected chi connectivity index (χ3v) is 3.18. The topological polar surface area (TPSA) is 64.3 Å². The zero-order valence-corrected chi connectivity index (χ0v) is 12.0. The lowest BCUT2D eigenvalue weighted by Gasteiger charge is -2.11. The highest BCUT2D eigenvalue weighted by molar-refractivity contribution is 6.30. The molecule has 104 valence electrons. The Morgan fingerprint density at radius 2 is 2.00 bits per heavy atom. The molecule has 0 unspecified atom stereocenters. The molecule has 0 aliphatic carbocycles. The number of benzene rings is 2. The van der Waals surface area contributed by atoms with Crippen LogP contribution in [0.5, 0.6) is 5.75 Å². The van der Waals surface area contributed by atoms with Gasteiger partial charge in [-0.25, -0.2) is 0 Å². The summed E-state index contributed by atoms with van der Waals surface area (Å²) in [5, 5.41) is 3.38. The number of rotatable bonds is 3. The number of anilines is 2. The molecule has 2 aromatic rings. The van der Waals surface area contributed by atoms with Crippen molar-refractivity contribution in [2.75, 3.05) is 18.2 Å². The zero-order valence-electron chi connectivity index (χ0n) is 11.2. The van der Waals surface area contributed by atoms with Crippen LogP contribution >= 0.6 is 11.6 Å². The first kappa shape index (κ1) is 14.2. The summed E-state index contributed by atoms with van der Waals surface area (Å²) >= 11 is 5.87. The molecule has 4 nitrogen and oxygen atoms in total. The number of nitrogens with one attached hydrogen (secondary N) is 1. The molecule has 0 heterocycles. The highest BCUT2D eigenvalue weighted by Crippen LogP contribution is 2.25. The summed E-state index contributed by atoms with van der Waals surface area (Å²) in [5.74, 6) is 0.416. The molecule has 0 fully saturated rings. The molecule has 1 amide bonds. The van der Waals surface area contributed by atoms with E-state index in [1.54, 1.807) is 43.5 Å². The van der Waals surface area contributed by atoms with E-state index in [4.69, 9.17) is 22.1 Å². The van der Waals surface area contributed by atoms with Crippen molar-refractivity contribution in [2.24, 2.45) is 0 Å². The van der Waals surface area contributed by atoms with Crippen molar-refractivity contribution in [3.63, 3.8) is 0 Å². The molecule has 5 heteroatoms. The van der Waals surface area contributed by atoms with Crippen LogP contribution in [0.3, 0.4) is 0 Å². The van der Waals surface area contributed by atoms with E-state index in [1.807, 2.05) is 6.92 Å². The van der Waals surface area contributed by atoms with Crippen LogP contribution in [0.1, 0.15) is 15.9 Å². The van der Waals surface area contributed by atoms with Gasteiger partial charge in [0.15, 0.2) is 0 Å². The highest BCUT2D eigenvalue weighted by Gasteiger charge is 2.11. The summed E-state index contributed by atoms with van der Waals surface area (Å²) in [7, 11) is 1.56. The molecule has 0 bridgehead atoms. The SMILES string of the molecule is COc1ccc(NC(=O)c2ccc(Cl)cc2C)c(N)c1. The first-order chi connectivity index (χ1) is 9.51. The number of amides is 1. The lowest BCUT2D eigenvalue weighted by atomic mass is 10.1. The van der Waals surface area contributed by atoms with Crippen LogP contribution in [-0.4, -0.2) is 13.0 Å². The minimum absolute atomic E-state index is 0.226. The fraction of sp³-hybridized carbons (Fsp3) is 0.133. The molecular weight excluding hydrogens is 276 g/mol. The lowest BCUT2D eigenvalue weighted by Crippen LogP contribution is -2.14. The predicted octanol–water partition coefficient (Wildman–Crippen LogP) is 3.49. The number of hydrogen-bond acceptors (Lipinski definition) is 3. The molecule has 0 aliphatic rings. The molecule has 0 aromatic heterocycles. The van der Waals surface area contributed by atoms with E-state index in [2.05, 4.69) is 5.32 Å². The van der Waals surface area contributed by atoms with Crippen molar-refractivity contribution in [1.82, 2.24) is 0 Å². The van der Waals surface area contributed by atoms with Gasteiger partial charge in [0, 0.05) is 16.7 Å². The predicted molar refractivity (Wildman–Crippen MR) is 81.5 cm³/mol. The van der Waals surface area contributed by atoms with Gasteiger partial charge >= 0.3 is 0 Å². The fourth-order valence-corrected chi connectivity index (χ4v) is 2.08. The van der Waals surface area contributed by atoms with Crippen molar-refractivity contribution >= 4 is 28.9 Å². The van der Waals surface area contributed by atoms with Crippen LogP contribution in [0.15, 0.2) is 36.4 Å². The third-order valence-electron chi connectivity index (χ3n) is 2.94. The van der Waals surface area contributed by atoms with Crippen LogP contribution in [0, 0.1) is 6.92 Å². The van der Waals surface area contributed by atoms with Crippen molar-refractivity contribution in [3.05, 3.63) is 52.5 Å². The maximum atomic E-state index is 12.2. The molecule has 0 spiro atoms. The Kier molecular flexibility index (Phi) is 4.15. The summed E-state index contributed by atoms with van der Waals surface area (Å²) in [6.45, 7) is 1.83. The zero-order chi connectivity index (χ0) is 14.7. The van der Waals surface area contributed by atoms with Crippen LogP contribution in [0.4, 0.5) is 11.4 Å². The number of methoxy groups -OCH3 is 1. The Morgan fingerprint density at radius 3 is 2.60 bits per heavy atom. The average Bonchev–Trinajstić information content (AvgIpc) is 2.40. The van der Waals surface area contributed by atoms with Crippen molar-refractivity contribution < 1.29 is 9.53 Å². The molecule has 2 aromatic carbocycles. The van der Waals surface area contributed by atoms with Gasteiger partial charge < -0.3 is 15.8 Å². The quantitative estimate of drug-likeness (QED) is 0.851. The minimum Gasteiger partial charge on any atom is -0.497 e. The second-order valence-electron chi connectivity index (χ2n) is 4.37. The second kappa shape index (κ2) is 5.84. The Morgan fingerprint density at radius 1 is 1.25 bits per heavy atom. The normalized spacial score (nSPS) is 10.2. The van der Waals surface area contributed by atoms with Gasteiger partial charge in [-0.15, -0.1) is 0 Å². The van der Waals surface area contributed by atoms with Gasteiger partial charge in [-0.2, -0.15) is 0 Å². The van der Waals surface area contributed by atoms with Crippen molar-refractivity contribution in [1.29, 1.82) is 0 Å². The van der Waals surface area contributed by atoms with Crippen molar-refractivity contribution in [3.8, 4) is 5.75 Å². The highest BCUT2D eigenvalue weighted by atomic mass is 35.5. The largest absolute Gasteiger partial charge is 0.497 e. The van der Waals surface area contributed by atoms with Gasteiger partial charge in [-0.1, -0.05) is 11.6 Å². The summed E-state index contributed by atoms with van der Waals surface area (Å²) in [4.78, 5) is 12.2. The van der Waals surface area contributed by atoms with Crippen LogP contribution < -0.4 is 15.8 Å². The average molecular weight is 291 g/mol. The van der Waals surface area contributed by atoms with Gasteiger partial charge in [-0.05, 0) is 42.8 Å². The summed E-state index contributed by atoms with van der Waals surface area (Å²) in [6.07, 6.45) is 0. The molecule has 0 saturated carbocycles. The van der Waals surface area contributed by atoms with E-state index < -0.39 is 0 Å². The monoisotopic (exact) mass is 290 g/mol. The molecule has 0 radical (unpaired) electrons. The number of carbonyl (C=O) groups is 1. The van der Waals surface area contributed by atoms with E-state index >= 15 is 0 Å². The number of nitrogen functional groups attached to an aromatic ring is 1. The van der Waals surface area contributed by atoms with Gasteiger partial charge in [0.2, 0.25) is 0 Å². The van der Waals surface area contributed by atoms with E-state index in [0.717, 1.165) is 5.56 Å². The number of ether oxygens (including phenoxy) is 1. The summed E-state index contributed by atoms with van der Waals surface area (Å²) in [5.41, 5.74) is 8.23. The molecule has 2 rings (SSSR count). The smallest absolute Gasteiger partial charge is 0.255 e. The number of carbonyl (C=O) groups excluding carboxylic acids is 1. The Labute approximate surface area is 122 Å². The number of halogens is 1. The van der Waals surface area contributed by atoms with Gasteiger partial charge in [0.05, 0.1) is 18.5 Å². The molecule has 0 aliphatic heterocycles. The number of nitrogens with two attached hydrogens (primary N) is 1. The first-order valence-corrected chi connectivity index (χ1v) is 6.40. The maximum absolute atomic E-state index is 12.2.